The van der Waals surface area contributed by atoms with Crippen molar-refractivity contribution in [2.24, 2.45) is 5.73 Å². The lowest BCUT2D eigenvalue weighted by Gasteiger charge is -2.05. The maximum Gasteiger partial charge on any atom is 0.328 e. The molecule has 0 radical (unpaired) electrons. The summed E-state index contributed by atoms with van der Waals surface area (Å²) in [6, 6.07) is 9.84. The molecule has 140 valence electrons. The molecule has 5 N–H and O–H groups in total. The average Bonchev–Trinajstić information content (AvgIpc) is 2.63. The molecule has 0 fully saturated rings. The number of aliphatic carboxylic acids is 1. The van der Waals surface area contributed by atoms with Gasteiger partial charge in [0.05, 0.1) is 14.2 Å². The minimum absolute atomic E-state index is 0.0278. The number of hydrogen-bond acceptors (Lipinski definition) is 6. The number of carboxylic acids is 1. The zero-order valence-electron chi connectivity index (χ0n) is 14.7. The van der Waals surface area contributed by atoms with Gasteiger partial charge in [-0.1, -0.05) is 12.1 Å². The highest BCUT2D eigenvalue weighted by Crippen LogP contribution is 2.27. The molecule has 26 heavy (non-hydrogen) atoms. The molecule has 0 unspecified atom stereocenters. The van der Waals surface area contributed by atoms with Crippen LogP contribution in [0.3, 0.4) is 0 Å². The molecule has 0 aliphatic carbocycles. The number of ether oxygens (including phenoxy) is 2. The van der Waals surface area contributed by atoms with Gasteiger partial charge in [0.25, 0.3) is 0 Å². The Morgan fingerprint density at radius 3 is 2.15 bits per heavy atom. The summed E-state index contributed by atoms with van der Waals surface area (Å²) >= 11 is 0. The van der Waals surface area contributed by atoms with Gasteiger partial charge in [-0.2, -0.15) is 0 Å². The van der Waals surface area contributed by atoms with Crippen LogP contribution in [0.2, 0.25) is 0 Å². The first kappa shape index (κ1) is 20.9. The third-order valence-electron chi connectivity index (χ3n) is 3.30. The Morgan fingerprint density at radius 2 is 1.62 bits per heavy atom. The van der Waals surface area contributed by atoms with E-state index in [1.165, 1.54) is 26.4 Å². The van der Waals surface area contributed by atoms with Gasteiger partial charge in [-0.3, -0.25) is 0 Å². The van der Waals surface area contributed by atoms with Gasteiger partial charge < -0.3 is 30.5 Å². The van der Waals surface area contributed by atoms with E-state index >= 15 is 0 Å². The molecule has 0 aliphatic heterocycles. The topological polar surface area (TPSA) is 122 Å². The predicted molar refractivity (Wildman–Crippen MR) is 98.7 cm³/mol. The van der Waals surface area contributed by atoms with E-state index < -0.39 is 5.97 Å². The van der Waals surface area contributed by atoms with Gasteiger partial charge in [0.15, 0.2) is 23.0 Å². The average molecular weight is 361 g/mol. The number of rotatable bonds is 6. The Hall–Kier alpha value is -3.19. The second-order valence-corrected chi connectivity index (χ2v) is 5.15. The Balaban J connectivity index is 0.000000263. The molecule has 7 nitrogen and oxygen atoms in total. The van der Waals surface area contributed by atoms with E-state index in [1.54, 1.807) is 24.3 Å². The molecule has 2 aromatic rings. The van der Waals surface area contributed by atoms with Crippen LogP contribution in [0, 0.1) is 0 Å². The SMILES string of the molecule is COc1cc(C=CC(=O)O)ccc1O.COc1cc(CCN)ccc1O. The van der Waals surface area contributed by atoms with Crippen LogP contribution in [-0.4, -0.2) is 42.1 Å². The molecular formula is C19H23NO6. The van der Waals surface area contributed by atoms with Crippen molar-refractivity contribution in [1.82, 2.24) is 0 Å². The molecule has 7 heteroatoms. The van der Waals surface area contributed by atoms with E-state index in [4.69, 9.17) is 20.3 Å². The van der Waals surface area contributed by atoms with Gasteiger partial charge >= 0.3 is 5.97 Å². The molecule has 0 aliphatic rings. The summed E-state index contributed by atoms with van der Waals surface area (Å²) in [5.74, 6) is -0.00576. The minimum Gasteiger partial charge on any atom is -0.504 e. The van der Waals surface area contributed by atoms with Crippen molar-refractivity contribution in [2.75, 3.05) is 20.8 Å². The Kier molecular flexibility index (Phi) is 8.52. The van der Waals surface area contributed by atoms with Gasteiger partial charge in [-0.25, -0.2) is 4.79 Å². The lowest BCUT2D eigenvalue weighted by molar-refractivity contribution is -0.131. The van der Waals surface area contributed by atoms with E-state index in [-0.39, 0.29) is 11.5 Å². The van der Waals surface area contributed by atoms with Crippen molar-refractivity contribution in [3.63, 3.8) is 0 Å². The lowest BCUT2D eigenvalue weighted by atomic mass is 10.1. The summed E-state index contributed by atoms with van der Waals surface area (Å²) < 4.78 is 9.80. The van der Waals surface area contributed by atoms with Gasteiger partial charge in [-0.15, -0.1) is 0 Å². The Morgan fingerprint density at radius 1 is 1.04 bits per heavy atom. The normalized spacial score (nSPS) is 10.1. The molecule has 2 rings (SSSR count). The summed E-state index contributed by atoms with van der Waals surface area (Å²) in [7, 11) is 2.96. The molecule has 0 amide bonds. The quantitative estimate of drug-likeness (QED) is 0.583. The molecule has 0 atom stereocenters. The molecule has 0 spiro atoms. The molecule has 0 saturated heterocycles. The summed E-state index contributed by atoms with van der Waals surface area (Å²) in [4.78, 5) is 10.2. The summed E-state index contributed by atoms with van der Waals surface area (Å²) in [6.45, 7) is 0.605. The minimum atomic E-state index is -1.02. The van der Waals surface area contributed by atoms with E-state index in [1.807, 2.05) is 6.07 Å². The number of carboxylic acid groups (broad SMARTS) is 1. The van der Waals surface area contributed by atoms with Gasteiger partial charge in [0.1, 0.15) is 0 Å². The number of nitrogens with two attached hydrogens (primary N) is 1. The van der Waals surface area contributed by atoms with Crippen LogP contribution in [0.15, 0.2) is 42.5 Å². The number of phenols is 2. The number of aromatic hydroxyl groups is 2. The maximum absolute atomic E-state index is 10.2. The predicted octanol–water partition coefficient (Wildman–Crippen LogP) is 2.40. The van der Waals surface area contributed by atoms with Crippen molar-refractivity contribution in [3.05, 3.63) is 53.6 Å². The maximum atomic E-state index is 10.2. The highest BCUT2D eigenvalue weighted by molar-refractivity contribution is 5.85. The van der Waals surface area contributed by atoms with Crippen molar-refractivity contribution in [3.8, 4) is 23.0 Å². The lowest BCUT2D eigenvalue weighted by Crippen LogP contribution is -2.02. The third-order valence-corrected chi connectivity index (χ3v) is 3.30. The number of benzene rings is 2. The van der Waals surface area contributed by atoms with Crippen LogP contribution in [0.25, 0.3) is 6.08 Å². The number of carbonyl (C=O) groups is 1. The highest BCUT2D eigenvalue weighted by Gasteiger charge is 2.01. The third kappa shape index (κ3) is 6.74. The smallest absolute Gasteiger partial charge is 0.328 e. The van der Waals surface area contributed by atoms with Crippen molar-refractivity contribution < 1.29 is 29.6 Å². The molecule has 2 aromatic carbocycles. The molecular weight excluding hydrogens is 338 g/mol. The summed E-state index contributed by atoms with van der Waals surface area (Å²) in [5.41, 5.74) is 7.12. The fourth-order valence-corrected chi connectivity index (χ4v) is 2.01. The van der Waals surface area contributed by atoms with Crippen LogP contribution in [0.1, 0.15) is 11.1 Å². The Labute approximate surface area is 151 Å². The van der Waals surface area contributed by atoms with Crippen LogP contribution >= 0.6 is 0 Å². The van der Waals surface area contributed by atoms with Gasteiger partial charge in [0, 0.05) is 6.08 Å². The second-order valence-electron chi connectivity index (χ2n) is 5.15. The van der Waals surface area contributed by atoms with Crippen LogP contribution in [0.4, 0.5) is 0 Å². The van der Waals surface area contributed by atoms with E-state index in [2.05, 4.69) is 0 Å². The monoisotopic (exact) mass is 361 g/mol. The largest absolute Gasteiger partial charge is 0.504 e. The zero-order chi connectivity index (χ0) is 19.5. The fraction of sp³-hybridized carbons (Fsp3) is 0.211. The van der Waals surface area contributed by atoms with Crippen molar-refractivity contribution in [2.45, 2.75) is 6.42 Å². The molecule has 0 bridgehead atoms. The molecule has 0 aromatic heterocycles. The van der Waals surface area contributed by atoms with Crippen molar-refractivity contribution >= 4 is 12.0 Å². The van der Waals surface area contributed by atoms with E-state index in [0.717, 1.165) is 18.1 Å². The summed E-state index contributed by atoms with van der Waals surface area (Å²) in [6.07, 6.45) is 3.24. The first-order valence-electron chi connectivity index (χ1n) is 7.75. The standard InChI is InChI=1S/C10H10O4.C9H13NO2/c1-14-9-6-7(2-4-8(9)11)3-5-10(12)13;1-12-9-6-7(4-5-10)2-3-8(9)11/h2-6,11H,1H3,(H,12,13);2-3,6,11H,4-5,10H2,1H3. The second kappa shape index (κ2) is 10.6. The van der Waals surface area contributed by atoms with Gasteiger partial charge in [0.2, 0.25) is 0 Å². The number of hydrogen-bond donors (Lipinski definition) is 4. The van der Waals surface area contributed by atoms with E-state index in [9.17, 15) is 15.0 Å². The first-order valence-corrected chi connectivity index (χ1v) is 7.75. The van der Waals surface area contributed by atoms with E-state index in [0.29, 0.717) is 23.6 Å². The van der Waals surface area contributed by atoms with Crippen LogP contribution < -0.4 is 15.2 Å². The number of methoxy groups -OCH3 is 2. The first-order chi connectivity index (χ1) is 12.4. The zero-order valence-corrected chi connectivity index (χ0v) is 14.7. The Bertz CT molecular complexity index is 758. The highest BCUT2D eigenvalue weighted by atomic mass is 16.5. The molecule has 0 heterocycles. The van der Waals surface area contributed by atoms with Crippen LogP contribution in [-0.2, 0) is 11.2 Å². The van der Waals surface area contributed by atoms with Crippen LogP contribution in [0.5, 0.6) is 23.0 Å². The molecule has 0 saturated carbocycles. The summed E-state index contributed by atoms with van der Waals surface area (Å²) in [5, 5.41) is 26.9. The fourth-order valence-electron chi connectivity index (χ4n) is 2.01. The van der Waals surface area contributed by atoms with Crippen molar-refractivity contribution in [1.29, 1.82) is 0 Å². The number of phenolic OH excluding ortho intramolecular Hbond substituents is 2. The van der Waals surface area contributed by atoms with Gasteiger partial charge in [-0.05, 0) is 54.4 Å².